The molecule has 2 rings (SSSR count). The zero-order valence-electron chi connectivity index (χ0n) is 8.99. The predicted molar refractivity (Wildman–Crippen MR) is 65.0 cm³/mol. The second kappa shape index (κ2) is 5.42. The third-order valence-corrected chi connectivity index (χ3v) is 3.04. The van der Waals surface area contributed by atoms with Crippen LogP contribution in [0.5, 0.6) is 0 Å². The molecule has 0 saturated heterocycles. The van der Waals surface area contributed by atoms with E-state index in [2.05, 4.69) is 21.1 Å². The highest BCUT2D eigenvalue weighted by atomic mass is 79.9. The molecule has 0 fully saturated rings. The van der Waals surface area contributed by atoms with Crippen molar-refractivity contribution in [1.82, 2.24) is 5.16 Å². The molecule has 0 bridgehead atoms. The van der Waals surface area contributed by atoms with Gasteiger partial charge in [0.05, 0.1) is 10.7 Å². The average Bonchev–Trinajstić information content (AvgIpc) is 2.78. The second-order valence-electron chi connectivity index (χ2n) is 3.64. The monoisotopic (exact) mass is 299 g/mol. The number of aromatic nitrogens is 1. The van der Waals surface area contributed by atoms with Crippen molar-refractivity contribution in [2.75, 3.05) is 6.61 Å². The van der Waals surface area contributed by atoms with Crippen molar-refractivity contribution in [3.05, 3.63) is 40.2 Å². The minimum absolute atomic E-state index is 0.123. The fourth-order valence-electron chi connectivity index (χ4n) is 1.58. The minimum Gasteiger partial charge on any atom is -0.396 e. The van der Waals surface area contributed by atoms with Crippen molar-refractivity contribution in [1.29, 1.82) is 0 Å². The molecule has 0 aliphatic rings. The molecule has 1 aromatic carbocycles. The van der Waals surface area contributed by atoms with E-state index >= 15 is 0 Å². The minimum atomic E-state index is -0.315. The SMILES string of the molecule is OCCCc1cnoc1-c1ccc(F)c(Br)c1. The number of hydrogen-bond donors (Lipinski definition) is 1. The van der Waals surface area contributed by atoms with Crippen LogP contribution in [-0.2, 0) is 6.42 Å². The molecule has 0 spiro atoms. The number of hydrogen-bond acceptors (Lipinski definition) is 3. The largest absolute Gasteiger partial charge is 0.396 e. The van der Waals surface area contributed by atoms with E-state index in [4.69, 9.17) is 9.63 Å². The first kappa shape index (κ1) is 12.3. The molecule has 2 aromatic rings. The smallest absolute Gasteiger partial charge is 0.170 e. The molecule has 0 saturated carbocycles. The predicted octanol–water partition coefficient (Wildman–Crippen LogP) is 3.17. The number of rotatable bonds is 4. The number of nitrogens with zero attached hydrogens (tertiary/aromatic N) is 1. The summed E-state index contributed by atoms with van der Waals surface area (Å²) in [5, 5.41) is 12.5. The van der Waals surface area contributed by atoms with Crippen LogP contribution in [0.3, 0.4) is 0 Å². The molecule has 1 aromatic heterocycles. The van der Waals surface area contributed by atoms with Gasteiger partial charge in [-0.05, 0) is 47.0 Å². The summed E-state index contributed by atoms with van der Waals surface area (Å²) in [7, 11) is 0. The van der Waals surface area contributed by atoms with Gasteiger partial charge in [-0.15, -0.1) is 0 Å². The molecular formula is C12H11BrFNO2. The molecule has 0 radical (unpaired) electrons. The number of aliphatic hydroxyl groups is 1. The molecule has 0 aliphatic carbocycles. The number of aryl methyl sites for hydroxylation is 1. The maximum atomic E-state index is 13.1. The Morgan fingerprint density at radius 2 is 2.24 bits per heavy atom. The van der Waals surface area contributed by atoms with Crippen molar-refractivity contribution in [3.8, 4) is 11.3 Å². The molecule has 0 atom stereocenters. The fraction of sp³-hybridized carbons (Fsp3) is 0.250. The highest BCUT2D eigenvalue weighted by Crippen LogP contribution is 2.28. The summed E-state index contributed by atoms with van der Waals surface area (Å²) in [5.74, 6) is 0.310. The standard InChI is InChI=1S/C12H11BrFNO2/c13-10-6-8(3-4-11(10)14)12-9(2-1-5-16)7-15-17-12/h3-4,6-7,16H,1-2,5H2. The molecule has 1 N–H and O–H groups in total. The summed E-state index contributed by atoms with van der Waals surface area (Å²) in [5.41, 5.74) is 1.68. The Hall–Kier alpha value is -1.20. The lowest BCUT2D eigenvalue weighted by atomic mass is 10.1. The quantitative estimate of drug-likeness (QED) is 0.943. The lowest BCUT2D eigenvalue weighted by Gasteiger charge is -2.02. The van der Waals surface area contributed by atoms with Crippen LogP contribution < -0.4 is 0 Å². The van der Waals surface area contributed by atoms with Crippen molar-refractivity contribution < 1.29 is 14.0 Å². The summed E-state index contributed by atoms with van der Waals surface area (Å²) in [4.78, 5) is 0. The molecule has 0 amide bonds. The number of halogens is 2. The Kier molecular flexibility index (Phi) is 3.91. The van der Waals surface area contributed by atoms with E-state index in [1.807, 2.05) is 0 Å². The van der Waals surface area contributed by atoms with E-state index in [0.717, 1.165) is 11.1 Å². The van der Waals surface area contributed by atoms with E-state index in [0.29, 0.717) is 23.1 Å². The van der Waals surface area contributed by atoms with Crippen LogP contribution in [-0.4, -0.2) is 16.9 Å². The van der Waals surface area contributed by atoms with Gasteiger partial charge in [0.15, 0.2) is 5.76 Å². The van der Waals surface area contributed by atoms with Crippen molar-refractivity contribution in [2.24, 2.45) is 0 Å². The maximum absolute atomic E-state index is 13.1. The van der Waals surface area contributed by atoms with Gasteiger partial charge in [0.2, 0.25) is 0 Å². The molecular weight excluding hydrogens is 289 g/mol. The fourth-order valence-corrected chi connectivity index (χ4v) is 1.96. The Labute approximate surface area is 106 Å². The van der Waals surface area contributed by atoms with Gasteiger partial charge in [0.1, 0.15) is 5.82 Å². The summed E-state index contributed by atoms with van der Waals surface area (Å²) >= 11 is 3.13. The molecule has 90 valence electrons. The Bertz CT molecular complexity index is 513. The third-order valence-electron chi connectivity index (χ3n) is 2.43. The van der Waals surface area contributed by atoms with Gasteiger partial charge >= 0.3 is 0 Å². The number of benzene rings is 1. The molecule has 5 heteroatoms. The zero-order valence-corrected chi connectivity index (χ0v) is 10.6. The summed E-state index contributed by atoms with van der Waals surface area (Å²) in [6, 6.07) is 4.67. The van der Waals surface area contributed by atoms with Gasteiger partial charge < -0.3 is 9.63 Å². The van der Waals surface area contributed by atoms with Crippen LogP contribution in [0, 0.1) is 5.82 Å². The van der Waals surface area contributed by atoms with E-state index in [1.54, 1.807) is 18.3 Å². The van der Waals surface area contributed by atoms with Gasteiger partial charge in [-0.1, -0.05) is 5.16 Å². The maximum Gasteiger partial charge on any atom is 0.170 e. The van der Waals surface area contributed by atoms with Crippen LogP contribution in [0.4, 0.5) is 4.39 Å². The second-order valence-corrected chi connectivity index (χ2v) is 4.49. The Balaban J connectivity index is 2.32. The van der Waals surface area contributed by atoms with Crippen molar-refractivity contribution in [2.45, 2.75) is 12.8 Å². The van der Waals surface area contributed by atoms with Gasteiger partial charge in [-0.3, -0.25) is 0 Å². The van der Waals surface area contributed by atoms with Gasteiger partial charge in [0, 0.05) is 17.7 Å². The van der Waals surface area contributed by atoms with Crippen LogP contribution >= 0.6 is 15.9 Å². The lowest BCUT2D eigenvalue weighted by molar-refractivity contribution is 0.288. The Morgan fingerprint density at radius 3 is 2.94 bits per heavy atom. The summed E-state index contributed by atoms with van der Waals surface area (Å²) < 4.78 is 18.7. The normalized spacial score (nSPS) is 10.8. The highest BCUT2D eigenvalue weighted by Gasteiger charge is 2.12. The van der Waals surface area contributed by atoms with E-state index in [-0.39, 0.29) is 12.4 Å². The molecule has 0 unspecified atom stereocenters. The topological polar surface area (TPSA) is 46.3 Å². The van der Waals surface area contributed by atoms with Crippen molar-refractivity contribution >= 4 is 15.9 Å². The van der Waals surface area contributed by atoms with Gasteiger partial charge in [-0.2, -0.15) is 0 Å². The van der Waals surface area contributed by atoms with Crippen LogP contribution in [0.1, 0.15) is 12.0 Å². The van der Waals surface area contributed by atoms with Crippen molar-refractivity contribution in [3.63, 3.8) is 0 Å². The molecule has 17 heavy (non-hydrogen) atoms. The van der Waals surface area contributed by atoms with Crippen LogP contribution in [0.15, 0.2) is 33.4 Å². The molecule has 0 aliphatic heterocycles. The van der Waals surface area contributed by atoms with Crippen LogP contribution in [0.2, 0.25) is 0 Å². The first-order chi connectivity index (χ1) is 8.22. The average molecular weight is 300 g/mol. The highest BCUT2D eigenvalue weighted by molar-refractivity contribution is 9.10. The van der Waals surface area contributed by atoms with Gasteiger partial charge in [-0.25, -0.2) is 4.39 Å². The number of aliphatic hydroxyl groups excluding tert-OH is 1. The van der Waals surface area contributed by atoms with E-state index in [9.17, 15) is 4.39 Å². The summed E-state index contributed by atoms with van der Waals surface area (Å²) in [6.07, 6.45) is 2.96. The van der Waals surface area contributed by atoms with Gasteiger partial charge in [0.25, 0.3) is 0 Å². The van der Waals surface area contributed by atoms with Crippen LogP contribution in [0.25, 0.3) is 11.3 Å². The van der Waals surface area contributed by atoms with E-state index in [1.165, 1.54) is 6.07 Å². The lowest BCUT2D eigenvalue weighted by Crippen LogP contribution is -1.90. The Morgan fingerprint density at radius 1 is 1.41 bits per heavy atom. The van der Waals surface area contributed by atoms with E-state index < -0.39 is 0 Å². The third kappa shape index (κ3) is 2.73. The summed E-state index contributed by atoms with van der Waals surface area (Å²) in [6.45, 7) is 0.123. The molecule has 3 nitrogen and oxygen atoms in total. The first-order valence-corrected chi connectivity index (χ1v) is 6.01. The molecule has 1 heterocycles. The first-order valence-electron chi connectivity index (χ1n) is 5.22. The zero-order chi connectivity index (χ0) is 12.3.